The van der Waals surface area contributed by atoms with Crippen molar-refractivity contribution in [3.63, 3.8) is 0 Å². The molecule has 0 aliphatic carbocycles. The molecule has 2 aromatic heterocycles. The van der Waals surface area contributed by atoms with Gasteiger partial charge in [-0.2, -0.15) is 0 Å². The minimum Gasteiger partial charge on any atom is -0.486 e. The molecule has 2 aliphatic heterocycles. The molecule has 1 fully saturated rings. The van der Waals surface area contributed by atoms with Gasteiger partial charge in [-0.3, -0.25) is 4.79 Å². The second kappa shape index (κ2) is 7.46. The summed E-state index contributed by atoms with van der Waals surface area (Å²) in [6, 6.07) is 11.1. The minimum atomic E-state index is -0.116. The van der Waals surface area contributed by atoms with Gasteiger partial charge in [0.15, 0.2) is 11.5 Å². The molecule has 0 saturated carbocycles. The summed E-state index contributed by atoms with van der Waals surface area (Å²) in [5.74, 6) is 1.86. The molecule has 8 nitrogen and oxygen atoms in total. The average Bonchev–Trinajstić information content (AvgIpc) is 3.46. The number of hydrogen-bond acceptors (Lipinski definition) is 6. The summed E-state index contributed by atoms with van der Waals surface area (Å²) >= 11 is 0. The van der Waals surface area contributed by atoms with E-state index < -0.39 is 0 Å². The number of amides is 1. The molecule has 2 N–H and O–H groups in total. The van der Waals surface area contributed by atoms with Gasteiger partial charge < -0.3 is 24.7 Å². The third-order valence-corrected chi connectivity index (χ3v) is 5.13. The number of hydrogen-bond donors (Lipinski definition) is 2. The highest BCUT2D eigenvalue weighted by Gasteiger charge is 2.26. The molecule has 1 saturated heterocycles. The normalized spacial score (nSPS) is 17.9. The van der Waals surface area contributed by atoms with Crippen molar-refractivity contribution in [1.29, 1.82) is 0 Å². The molecule has 1 atom stereocenters. The van der Waals surface area contributed by atoms with Crippen molar-refractivity contribution in [1.82, 2.24) is 20.3 Å². The third-order valence-electron chi connectivity index (χ3n) is 5.13. The summed E-state index contributed by atoms with van der Waals surface area (Å²) in [7, 11) is 0. The van der Waals surface area contributed by atoms with Crippen LogP contribution in [0.5, 0.6) is 11.5 Å². The van der Waals surface area contributed by atoms with E-state index in [4.69, 9.17) is 9.47 Å². The predicted molar refractivity (Wildman–Crippen MR) is 107 cm³/mol. The smallest absolute Gasteiger partial charge is 0.251 e. The average molecular weight is 391 g/mol. The standard InChI is InChI=1S/C21H21N5O3/c27-20(14-3-4-18-19(12-14)29-11-10-28-18)24-15-6-9-26(13-15)21-23-8-5-17(25-21)16-2-1-7-22-16/h1-5,7-8,12,15,22H,6,9-11,13H2,(H,24,27). The molecule has 5 rings (SSSR count). The lowest BCUT2D eigenvalue weighted by Gasteiger charge is -2.19. The number of benzene rings is 1. The van der Waals surface area contributed by atoms with E-state index in [1.54, 1.807) is 24.4 Å². The molecule has 3 aromatic rings. The Balaban J connectivity index is 1.24. The number of aromatic amines is 1. The Hall–Kier alpha value is -3.55. The summed E-state index contributed by atoms with van der Waals surface area (Å²) < 4.78 is 11.1. The van der Waals surface area contributed by atoms with Gasteiger partial charge >= 0.3 is 0 Å². The second-order valence-electron chi connectivity index (χ2n) is 7.09. The highest BCUT2D eigenvalue weighted by Crippen LogP contribution is 2.30. The van der Waals surface area contributed by atoms with E-state index in [1.807, 2.05) is 24.4 Å². The fourth-order valence-electron chi connectivity index (χ4n) is 3.65. The van der Waals surface area contributed by atoms with Crippen molar-refractivity contribution in [2.75, 3.05) is 31.2 Å². The molecule has 0 radical (unpaired) electrons. The maximum Gasteiger partial charge on any atom is 0.251 e. The van der Waals surface area contributed by atoms with Crippen molar-refractivity contribution in [3.05, 3.63) is 54.4 Å². The van der Waals surface area contributed by atoms with Crippen LogP contribution in [-0.2, 0) is 0 Å². The van der Waals surface area contributed by atoms with Crippen LogP contribution in [-0.4, -0.2) is 53.2 Å². The number of nitrogens with zero attached hydrogens (tertiary/aromatic N) is 3. The van der Waals surface area contributed by atoms with Gasteiger partial charge in [0.1, 0.15) is 13.2 Å². The molecule has 8 heteroatoms. The van der Waals surface area contributed by atoms with Gasteiger partial charge in [0.05, 0.1) is 11.4 Å². The van der Waals surface area contributed by atoms with E-state index in [1.165, 1.54) is 0 Å². The van der Waals surface area contributed by atoms with Gasteiger partial charge in [0.2, 0.25) is 5.95 Å². The first-order valence-corrected chi connectivity index (χ1v) is 9.68. The number of nitrogens with one attached hydrogen (secondary N) is 2. The lowest BCUT2D eigenvalue weighted by molar-refractivity contribution is 0.0939. The van der Waals surface area contributed by atoms with Crippen LogP contribution in [0.4, 0.5) is 5.95 Å². The Morgan fingerprint density at radius 2 is 2.07 bits per heavy atom. The largest absolute Gasteiger partial charge is 0.486 e. The van der Waals surface area contributed by atoms with Crippen molar-refractivity contribution in [2.24, 2.45) is 0 Å². The number of carbonyl (C=O) groups excluding carboxylic acids is 1. The maximum absolute atomic E-state index is 12.7. The number of aromatic nitrogens is 3. The third kappa shape index (κ3) is 3.61. The van der Waals surface area contributed by atoms with Crippen LogP contribution in [0.1, 0.15) is 16.8 Å². The van der Waals surface area contributed by atoms with Gasteiger partial charge in [-0.15, -0.1) is 0 Å². The quantitative estimate of drug-likeness (QED) is 0.709. The molecule has 0 bridgehead atoms. The Labute approximate surface area is 167 Å². The molecule has 2 aliphatic rings. The van der Waals surface area contributed by atoms with Gasteiger partial charge in [0.25, 0.3) is 5.91 Å². The Kier molecular flexibility index (Phi) is 4.51. The molecule has 1 amide bonds. The summed E-state index contributed by atoms with van der Waals surface area (Å²) in [5, 5.41) is 3.11. The highest BCUT2D eigenvalue weighted by atomic mass is 16.6. The van der Waals surface area contributed by atoms with Gasteiger partial charge in [-0.1, -0.05) is 0 Å². The lowest BCUT2D eigenvalue weighted by Crippen LogP contribution is -2.37. The van der Waals surface area contributed by atoms with Crippen LogP contribution < -0.4 is 19.7 Å². The predicted octanol–water partition coefficient (Wildman–Crippen LogP) is 2.25. The van der Waals surface area contributed by atoms with E-state index in [0.29, 0.717) is 42.8 Å². The van der Waals surface area contributed by atoms with E-state index in [0.717, 1.165) is 24.4 Å². The van der Waals surface area contributed by atoms with Crippen LogP contribution in [0.15, 0.2) is 48.8 Å². The van der Waals surface area contributed by atoms with Gasteiger partial charge in [0, 0.05) is 37.1 Å². The summed E-state index contributed by atoms with van der Waals surface area (Å²) in [5.41, 5.74) is 2.37. The lowest BCUT2D eigenvalue weighted by atomic mass is 10.1. The van der Waals surface area contributed by atoms with E-state index in [2.05, 4.69) is 25.2 Å². The highest BCUT2D eigenvalue weighted by molar-refractivity contribution is 5.95. The molecule has 4 heterocycles. The molecule has 0 spiro atoms. The van der Waals surface area contributed by atoms with Crippen LogP contribution in [0, 0.1) is 0 Å². The fourth-order valence-corrected chi connectivity index (χ4v) is 3.65. The number of carbonyl (C=O) groups is 1. The minimum absolute atomic E-state index is 0.0356. The monoisotopic (exact) mass is 391 g/mol. The van der Waals surface area contributed by atoms with E-state index in [9.17, 15) is 4.79 Å². The number of rotatable bonds is 4. The molecule has 1 unspecified atom stereocenters. The van der Waals surface area contributed by atoms with Crippen molar-refractivity contribution >= 4 is 11.9 Å². The number of ether oxygens (including phenoxy) is 2. The SMILES string of the molecule is O=C(NC1CCN(c2nccc(-c3ccc[nH]3)n2)C1)c1ccc2c(c1)OCCO2. The van der Waals surface area contributed by atoms with Crippen LogP contribution >= 0.6 is 0 Å². The molecule has 148 valence electrons. The zero-order chi connectivity index (χ0) is 19.6. The van der Waals surface area contributed by atoms with Crippen molar-refractivity contribution < 1.29 is 14.3 Å². The van der Waals surface area contributed by atoms with Crippen LogP contribution in [0.3, 0.4) is 0 Å². The van der Waals surface area contributed by atoms with Crippen molar-refractivity contribution in [2.45, 2.75) is 12.5 Å². The Morgan fingerprint density at radius 3 is 2.93 bits per heavy atom. The fraction of sp³-hybridized carbons (Fsp3) is 0.286. The number of anilines is 1. The Bertz CT molecular complexity index is 1020. The van der Waals surface area contributed by atoms with E-state index in [-0.39, 0.29) is 11.9 Å². The first-order chi connectivity index (χ1) is 14.3. The summed E-state index contributed by atoms with van der Waals surface area (Å²) in [6.45, 7) is 2.49. The number of H-pyrrole nitrogens is 1. The van der Waals surface area contributed by atoms with Crippen LogP contribution in [0.25, 0.3) is 11.4 Å². The second-order valence-corrected chi connectivity index (χ2v) is 7.09. The Morgan fingerprint density at radius 1 is 1.17 bits per heavy atom. The summed E-state index contributed by atoms with van der Waals surface area (Å²) in [6.07, 6.45) is 4.47. The molecular weight excluding hydrogens is 370 g/mol. The first-order valence-electron chi connectivity index (χ1n) is 9.68. The first kappa shape index (κ1) is 17.5. The van der Waals surface area contributed by atoms with Gasteiger partial charge in [-0.25, -0.2) is 9.97 Å². The number of fused-ring (bicyclic) bond motifs is 1. The van der Waals surface area contributed by atoms with Gasteiger partial charge in [-0.05, 0) is 42.8 Å². The molecule has 1 aromatic carbocycles. The maximum atomic E-state index is 12.7. The zero-order valence-electron chi connectivity index (χ0n) is 15.8. The van der Waals surface area contributed by atoms with E-state index >= 15 is 0 Å². The van der Waals surface area contributed by atoms with Crippen molar-refractivity contribution in [3.8, 4) is 22.9 Å². The van der Waals surface area contributed by atoms with Crippen LogP contribution in [0.2, 0.25) is 0 Å². The molecule has 29 heavy (non-hydrogen) atoms. The zero-order valence-corrected chi connectivity index (χ0v) is 15.8. The summed E-state index contributed by atoms with van der Waals surface area (Å²) in [4.78, 5) is 27.0. The topological polar surface area (TPSA) is 92.4 Å². The molecular formula is C21H21N5O3.